The van der Waals surface area contributed by atoms with Crippen LogP contribution >= 0.6 is 23.2 Å². The minimum absolute atomic E-state index is 0.0106. The zero-order valence-corrected chi connectivity index (χ0v) is 13.6. The lowest BCUT2D eigenvalue weighted by Gasteiger charge is -2.15. The van der Waals surface area contributed by atoms with Gasteiger partial charge < -0.3 is 0 Å². The van der Waals surface area contributed by atoms with Gasteiger partial charge in [-0.2, -0.15) is 0 Å². The molecule has 0 saturated heterocycles. The second-order valence-corrected chi connectivity index (χ2v) is 6.32. The van der Waals surface area contributed by atoms with Gasteiger partial charge in [0, 0.05) is 12.3 Å². The molecule has 0 aliphatic rings. The van der Waals surface area contributed by atoms with E-state index >= 15 is 0 Å². The third-order valence-corrected chi connectivity index (χ3v) is 3.95. The molecule has 2 nitrogen and oxygen atoms in total. The van der Waals surface area contributed by atoms with Crippen LogP contribution in [0.15, 0.2) is 0 Å². The Bertz CT molecular complexity index is 265. The van der Waals surface area contributed by atoms with E-state index in [9.17, 15) is 9.59 Å². The number of hydrogen-bond donors (Lipinski definition) is 0. The first-order chi connectivity index (χ1) is 8.95. The number of carbonyl (C=O) groups is 2. The van der Waals surface area contributed by atoms with Crippen molar-refractivity contribution in [2.24, 2.45) is 11.8 Å². The Balaban J connectivity index is 3.39. The smallest absolute Gasteiger partial charge is 0.224 e. The molecule has 1 atom stereocenters. The van der Waals surface area contributed by atoms with Crippen molar-refractivity contribution in [3.8, 4) is 0 Å². The van der Waals surface area contributed by atoms with E-state index in [-0.39, 0.29) is 16.4 Å². The van der Waals surface area contributed by atoms with Gasteiger partial charge in [-0.05, 0) is 42.0 Å². The quantitative estimate of drug-likeness (QED) is 0.362. The predicted molar refractivity (Wildman–Crippen MR) is 81.6 cm³/mol. The molecule has 0 radical (unpaired) electrons. The van der Waals surface area contributed by atoms with Gasteiger partial charge >= 0.3 is 0 Å². The third kappa shape index (κ3) is 11.4. The van der Waals surface area contributed by atoms with Gasteiger partial charge in [-0.3, -0.25) is 9.59 Å². The molecule has 0 aromatic carbocycles. The minimum Gasteiger partial charge on any atom is -0.281 e. The summed E-state index contributed by atoms with van der Waals surface area (Å²) < 4.78 is 0. The van der Waals surface area contributed by atoms with Crippen LogP contribution in [0, 0.1) is 11.8 Å². The largest absolute Gasteiger partial charge is 0.281 e. The summed E-state index contributed by atoms with van der Waals surface area (Å²) in [6.45, 7) is 4.09. The Morgan fingerprint density at radius 1 is 0.842 bits per heavy atom. The summed E-state index contributed by atoms with van der Waals surface area (Å²) in [7, 11) is 0. The van der Waals surface area contributed by atoms with E-state index in [1.165, 1.54) is 12.8 Å². The van der Waals surface area contributed by atoms with Crippen LogP contribution in [0.3, 0.4) is 0 Å². The minimum atomic E-state index is -0.231. The Hall–Kier alpha value is -0.0800. The number of carbonyl (C=O) groups excluding carboxylic acids is 2. The molecule has 19 heavy (non-hydrogen) atoms. The van der Waals surface area contributed by atoms with Crippen LogP contribution in [0.5, 0.6) is 0 Å². The summed E-state index contributed by atoms with van der Waals surface area (Å²) in [6, 6.07) is 0. The molecule has 0 aliphatic carbocycles. The van der Waals surface area contributed by atoms with Crippen LogP contribution in [0.25, 0.3) is 0 Å². The molecule has 0 N–H and O–H groups in total. The van der Waals surface area contributed by atoms with Crippen molar-refractivity contribution in [2.45, 2.75) is 71.6 Å². The van der Waals surface area contributed by atoms with Crippen LogP contribution in [0.1, 0.15) is 71.6 Å². The average Bonchev–Trinajstić information content (AvgIpc) is 2.30. The van der Waals surface area contributed by atoms with Crippen LogP contribution in [-0.4, -0.2) is 10.5 Å². The molecule has 0 spiro atoms. The summed E-state index contributed by atoms with van der Waals surface area (Å²) in [5, 5.41) is -0.425. The van der Waals surface area contributed by atoms with Gasteiger partial charge in [0.1, 0.15) is 0 Å². The van der Waals surface area contributed by atoms with E-state index in [1.54, 1.807) is 0 Å². The number of rotatable bonds is 12. The lowest BCUT2D eigenvalue weighted by atomic mass is 9.91. The first-order valence-corrected chi connectivity index (χ1v) is 8.08. The maximum atomic E-state index is 11.2. The highest BCUT2D eigenvalue weighted by Crippen LogP contribution is 2.22. The van der Waals surface area contributed by atoms with Gasteiger partial charge in [-0.15, -0.1) is 0 Å². The van der Waals surface area contributed by atoms with Crippen LogP contribution in [-0.2, 0) is 9.59 Å². The zero-order chi connectivity index (χ0) is 14.7. The summed E-state index contributed by atoms with van der Waals surface area (Å²) in [6.07, 6.45) is 9.14. The standard InChI is InChI=1S/C15H26Cl2O2/c1-12(2)13(15(17)19)10-8-6-4-3-5-7-9-11-14(16)18/h12-13H,3-11H2,1-2H3. The maximum absolute atomic E-state index is 11.2. The summed E-state index contributed by atoms with van der Waals surface area (Å²) in [5.74, 6) is 0.342. The molecule has 0 rings (SSSR count). The molecular formula is C15H26Cl2O2. The predicted octanol–water partition coefficient (Wildman–Crippen LogP) is 5.30. The molecule has 0 heterocycles. The van der Waals surface area contributed by atoms with Crippen molar-refractivity contribution in [1.29, 1.82) is 0 Å². The van der Waals surface area contributed by atoms with Gasteiger partial charge in [0.25, 0.3) is 0 Å². The Morgan fingerprint density at radius 3 is 1.74 bits per heavy atom. The Labute approximate surface area is 127 Å². The van der Waals surface area contributed by atoms with Crippen LogP contribution < -0.4 is 0 Å². The molecular weight excluding hydrogens is 283 g/mol. The van der Waals surface area contributed by atoms with Gasteiger partial charge in [-0.25, -0.2) is 0 Å². The number of halogens is 2. The molecule has 0 aromatic heterocycles. The molecule has 0 amide bonds. The van der Waals surface area contributed by atoms with Gasteiger partial charge in [0.15, 0.2) is 0 Å². The number of unbranched alkanes of at least 4 members (excludes halogenated alkanes) is 6. The second kappa shape index (κ2) is 11.7. The normalized spacial score (nSPS) is 12.7. The van der Waals surface area contributed by atoms with Crippen LogP contribution in [0.4, 0.5) is 0 Å². The zero-order valence-electron chi connectivity index (χ0n) is 12.1. The van der Waals surface area contributed by atoms with Crippen molar-refractivity contribution < 1.29 is 9.59 Å². The van der Waals surface area contributed by atoms with Gasteiger partial charge in [0.2, 0.25) is 10.5 Å². The summed E-state index contributed by atoms with van der Waals surface area (Å²) >= 11 is 10.8. The van der Waals surface area contributed by atoms with E-state index in [0.29, 0.717) is 12.3 Å². The average molecular weight is 309 g/mol. The summed E-state index contributed by atoms with van der Waals surface area (Å²) in [4.78, 5) is 21.7. The Kier molecular flexibility index (Phi) is 11.7. The molecule has 0 bridgehead atoms. The monoisotopic (exact) mass is 308 g/mol. The third-order valence-electron chi connectivity index (χ3n) is 3.48. The maximum Gasteiger partial charge on any atom is 0.224 e. The molecule has 0 fully saturated rings. The molecule has 0 saturated carbocycles. The van der Waals surface area contributed by atoms with E-state index in [1.807, 2.05) is 13.8 Å². The first kappa shape index (κ1) is 18.9. The fraction of sp³-hybridized carbons (Fsp3) is 0.867. The topological polar surface area (TPSA) is 34.1 Å². The summed E-state index contributed by atoms with van der Waals surface area (Å²) in [5.41, 5.74) is 0. The van der Waals surface area contributed by atoms with Crippen molar-refractivity contribution in [1.82, 2.24) is 0 Å². The van der Waals surface area contributed by atoms with Gasteiger partial charge in [0.05, 0.1) is 0 Å². The second-order valence-electron chi connectivity index (χ2n) is 5.52. The van der Waals surface area contributed by atoms with E-state index in [2.05, 4.69) is 0 Å². The van der Waals surface area contributed by atoms with Crippen molar-refractivity contribution in [3.05, 3.63) is 0 Å². The SMILES string of the molecule is CC(C)C(CCCCCCCCCC(=O)Cl)C(=O)Cl. The lowest BCUT2D eigenvalue weighted by molar-refractivity contribution is -0.116. The van der Waals surface area contributed by atoms with Crippen molar-refractivity contribution in [3.63, 3.8) is 0 Å². The van der Waals surface area contributed by atoms with Crippen molar-refractivity contribution in [2.75, 3.05) is 0 Å². The van der Waals surface area contributed by atoms with E-state index in [4.69, 9.17) is 23.2 Å². The Morgan fingerprint density at radius 2 is 1.32 bits per heavy atom. The fourth-order valence-electron chi connectivity index (χ4n) is 2.22. The number of hydrogen-bond acceptors (Lipinski definition) is 2. The van der Waals surface area contributed by atoms with E-state index < -0.39 is 0 Å². The van der Waals surface area contributed by atoms with Crippen molar-refractivity contribution >= 4 is 33.7 Å². The highest BCUT2D eigenvalue weighted by Gasteiger charge is 2.19. The highest BCUT2D eigenvalue weighted by atomic mass is 35.5. The molecule has 1 unspecified atom stereocenters. The molecule has 4 heteroatoms. The highest BCUT2D eigenvalue weighted by molar-refractivity contribution is 6.64. The van der Waals surface area contributed by atoms with E-state index in [0.717, 1.165) is 38.5 Å². The molecule has 112 valence electrons. The van der Waals surface area contributed by atoms with Gasteiger partial charge in [-0.1, -0.05) is 52.4 Å². The molecule has 0 aromatic rings. The molecule has 0 aliphatic heterocycles. The van der Waals surface area contributed by atoms with Crippen LogP contribution in [0.2, 0.25) is 0 Å². The lowest BCUT2D eigenvalue weighted by Crippen LogP contribution is -2.15. The fourth-order valence-corrected chi connectivity index (χ4v) is 2.72. The first-order valence-electron chi connectivity index (χ1n) is 7.32.